The summed E-state index contributed by atoms with van der Waals surface area (Å²) in [6.07, 6.45) is 1.75. The van der Waals surface area contributed by atoms with E-state index in [4.69, 9.17) is 5.11 Å². The highest BCUT2D eigenvalue weighted by Gasteiger charge is 2.31. The van der Waals surface area contributed by atoms with Crippen molar-refractivity contribution in [1.29, 1.82) is 0 Å². The quantitative estimate of drug-likeness (QED) is 0.632. The lowest BCUT2D eigenvalue weighted by Gasteiger charge is -2.29. The summed E-state index contributed by atoms with van der Waals surface area (Å²) in [5, 5.41) is 14.1. The maximum Gasteiger partial charge on any atom is 0.318 e. The number of nitrogens with zero attached hydrogens (tertiary/aromatic N) is 1. The Morgan fingerprint density at radius 1 is 1.48 bits per heavy atom. The predicted molar refractivity (Wildman–Crippen MR) is 77.8 cm³/mol. The van der Waals surface area contributed by atoms with Crippen molar-refractivity contribution < 1.29 is 19.5 Å². The molecule has 7 heteroatoms. The molecule has 21 heavy (non-hydrogen) atoms. The van der Waals surface area contributed by atoms with Crippen LogP contribution in [-0.2, 0) is 9.59 Å². The van der Waals surface area contributed by atoms with Crippen molar-refractivity contribution in [3.8, 4) is 0 Å². The molecule has 0 bridgehead atoms. The summed E-state index contributed by atoms with van der Waals surface area (Å²) < 4.78 is 0. The zero-order valence-corrected chi connectivity index (χ0v) is 12.7. The monoisotopic (exact) mass is 299 g/mol. The Balaban J connectivity index is 2.58. The van der Waals surface area contributed by atoms with Crippen molar-refractivity contribution in [3.63, 3.8) is 0 Å². The second kappa shape index (κ2) is 8.49. The fourth-order valence-electron chi connectivity index (χ4n) is 2.34. The van der Waals surface area contributed by atoms with Crippen molar-refractivity contribution in [2.75, 3.05) is 19.6 Å². The van der Waals surface area contributed by atoms with Crippen molar-refractivity contribution in [1.82, 2.24) is 15.5 Å². The molecule has 0 saturated carbocycles. The van der Waals surface area contributed by atoms with Crippen LogP contribution in [0.1, 0.15) is 39.5 Å². The molecule has 1 saturated heterocycles. The number of aliphatic carboxylic acids is 1. The smallest absolute Gasteiger partial charge is 0.318 e. The molecule has 1 fully saturated rings. The van der Waals surface area contributed by atoms with Gasteiger partial charge in [-0.3, -0.25) is 9.59 Å². The maximum atomic E-state index is 12.2. The Morgan fingerprint density at radius 3 is 2.81 bits per heavy atom. The van der Waals surface area contributed by atoms with E-state index in [0.717, 1.165) is 6.42 Å². The van der Waals surface area contributed by atoms with Gasteiger partial charge in [0, 0.05) is 26.1 Å². The second-order valence-corrected chi connectivity index (χ2v) is 5.71. The first kappa shape index (κ1) is 17.3. The molecule has 3 N–H and O–H groups in total. The Hall–Kier alpha value is -1.79. The number of urea groups is 1. The Bertz CT molecular complexity index is 384. The molecule has 1 rings (SSSR count). The number of carboxylic acid groups (broad SMARTS) is 1. The fraction of sp³-hybridized carbons (Fsp3) is 0.786. The number of carboxylic acids is 1. The van der Waals surface area contributed by atoms with E-state index in [0.29, 0.717) is 38.4 Å². The average Bonchev–Trinajstić information content (AvgIpc) is 2.57. The summed E-state index contributed by atoms with van der Waals surface area (Å²) in [6, 6.07) is -0.741. The molecule has 1 atom stereocenters. The van der Waals surface area contributed by atoms with Crippen LogP contribution in [0.15, 0.2) is 0 Å². The van der Waals surface area contributed by atoms with E-state index in [1.54, 1.807) is 4.90 Å². The molecule has 3 amide bonds. The zero-order valence-electron chi connectivity index (χ0n) is 12.7. The van der Waals surface area contributed by atoms with Crippen LogP contribution >= 0.6 is 0 Å². The van der Waals surface area contributed by atoms with Crippen molar-refractivity contribution in [2.24, 2.45) is 5.92 Å². The molecule has 120 valence electrons. The molecular weight excluding hydrogens is 274 g/mol. The van der Waals surface area contributed by atoms with E-state index in [1.807, 2.05) is 13.8 Å². The summed E-state index contributed by atoms with van der Waals surface area (Å²) in [5.41, 5.74) is 0. The third-order valence-corrected chi connectivity index (χ3v) is 3.35. The fourth-order valence-corrected chi connectivity index (χ4v) is 2.34. The highest BCUT2D eigenvalue weighted by Crippen LogP contribution is 2.15. The van der Waals surface area contributed by atoms with Gasteiger partial charge in [-0.05, 0) is 25.2 Å². The van der Waals surface area contributed by atoms with Crippen LogP contribution in [0, 0.1) is 5.92 Å². The average molecular weight is 299 g/mol. The Labute approximate surface area is 125 Å². The molecule has 0 radical (unpaired) electrons. The number of nitrogens with one attached hydrogen (secondary N) is 2. The van der Waals surface area contributed by atoms with E-state index in [9.17, 15) is 14.4 Å². The van der Waals surface area contributed by atoms with Gasteiger partial charge in [0.25, 0.3) is 0 Å². The topological polar surface area (TPSA) is 98.7 Å². The van der Waals surface area contributed by atoms with Gasteiger partial charge in [0.15, 0.2) is 0 Å². The molecule has 1 unspecified atom stereocenters. The van der Waals surface area contributed by atoms with E-state index >= 15 is 0 Å². The van der Waals surface area contributed by atoms with Gasteiger partial charge in [0.2, 0.25) is 5.91 Å². The van der Waals surface area contributed by atoms with Crippen LogP contribution in [0.5, 0.6) is 0 Å². The minimum atomic E-state index is -0.879. The third kappa shape index (κ3) is 6.01. The van der Waals surface area contributed by atoms with Gasteiger partial charge < -0.3 is 20.6 Å². The molecule has 0 aromatic carbocycles. The molecule has 7 nitrogen and oxygen atoms in total. The first-order valence-electron chi connectivity index (χ1n) is 7.45. The Kier molecular flexibility index (Phi) is 6.98. The number of hydrogen-bond donors (Lipinski definition) is 3. The number of amides is 3. The van der Waals surface area contributed by atoms with Gasteiger partial charge in [-0.25, -0.2) is 4.79 Å². The van der Waals surface area contributed by atoms with Crippen molar-refractivity contribution >= 4 is 17.9 Å². The molecule has 0 aliphatic carbocycles. The molecular formula is C14H25N3O4. The van der Waals surface area contributed by atoms with Crippen LogP contribution in [0.25, 0.3) is 0 Å². The maximum absolute atomic E-state index is 12.2. The summed E-state index contributed by atoms with van der Waals surface area (Å²) in [7, 11) is 0. The van der Waals surface area contributed by atoms with Crippen LogP contribution in [0.4, 0.5) is 4.79 Å². The SMILES string of the molecule is CC(C)CC1C(=O)NCCCN1C(=O)NCCCC(=O)O. The van der Waals surface area contributed by atoms with E-state index in [2.05, 4.69) is 10.6 Å². The van der Waals surface area contributed by atoms with Gasteiger partial charge in [-0.1, -0.05) is 13.8 Å². The molecule has 1 heterocycles. The molecule has 0 aromatic rings. The molecule has 0 aromatic heterocycles. The number of carbonyl (C=O) groups excluding carboxylic acids is 2. The third-order valence-electron chi connectivity index (χ3n) is 3.35. The number of rotatable bonds is 6. The normalized spacial score (nSPS) is 19.1. The molecule has 1 aliphatic heterocycles. The van der Waals surface area contributed by atoms with E-state index in [-0.39, 0.29) is 18.4 Å². The zero-order chi connectivity index (χ0) is 15.8. The molecule has 0 spiro atoms. The van der Waals surface area contributed by atoms with Gasteiger partial charge in [0.1, 0.15) is 6.04 Å². The highest BCUT2D eigenvalue weighted by molar-refractivity contribution is 5.87. The molecule has 1 aliphatic rings. The van der Waals surface area contributed by atoms with Crippen LogP contribution in [0.2, 0.25) is 0 Å². The minimum absolute atomic E-state index is 0.0240. The van der Waals surface area contributed by atoms with Gasteiger partial charge in [-0.2, -0.15) is 0 Å². The standard InChI is InChI=1S/C14H25N3O4/c1-10(2)9-11-13(20)15-7-4-8-17(11)14(21)16-6-3-5-12(18)19/h10-11H,3-9H2,1-2H3,(H,15,20)(H,16,21)(H,18,19). The van der Waals surface area contributed by atoms with Gasteiger partial charge in [0.05, 0.1) is 0 Å². The summed E-state index contributed by atoms with van der Waals surface area (Å²) in [5.74, 6) is -0.681. The summed E-state index contributed by atoms with van der Waals surface area (Å²) >= 11 is 0. The number of carbonyl (C=O) groups is 3. The number of hydrogen-bond acceptors (Lipinski definition) is 3. The predicted octanol–water partition coefficient (Wildman–Crippen LogP) is 0.797. The minimum Gasteiger partial charge on any atom is -0.481 e. The van der Waals surface area contributed by atoms with Crippen molar-refractivity contribution in [2.45, 2.75) is 45.6 Å². The van der Waals surface area contributed by atoms with E-state index < -0.39 is 12.0 Å². The lowest BCUT2D eigenvalue weighted by atomic mass is 10.0. The van der Waals surface area contributed by atoms with Crippen molar-refractivity contribution in [3.05, 3.63) is 0 Å². The lowest BCUT2D eigenvalue weighted by molar-refractivity contribution is -0.137. The van der Waals surface area contributed by atoms with Gasteiger partial charge in [-0.15, -0.1) is 0 Å². The second-order valence-electron chi connectivity index (χ2n) is 5.71. The van der Waals surface area contributed by atoms with E-state index in [1.165, 1.54) is 0 Å². The highest BCUT2D eigenvalue weighted by atomic mass is 16.4. The lowest BCUT2D eigenvalue weighted by Crippen LogP contribution is -2.51. The first-order chi connectivity index (χ1) is 9.91. The van der Waals surface area contributed by atoms with Gasteiger partial charge >= 0.3 is 12.0 Å². The van der Waals surface area contributed by atoms with Crippen LogP contribution in [0.3, 0.4) is 0 Å². The summed E-state index contributed by atoms with van der Waals surface area (Å²) in [6.45, 7) is 5.44. The Morgan fingerprint density at radius 2 is 2.19 bits per heavy atom. The van der Waals surface area contributed by atoms with Crippen LogP contribution < -0.4 is 10.6 Å². The van der Waals surface area contributed by atoms with Crippen LogP contribution in [-0.4, -0.2) is 53.6 Å². The summed E-state index contributed by atoms with van der Waals surface area (Å²) in [4.78, 5) is 36.3. The largest absolute Gasteiger partial charge is 0.481 e. The first-order valence-corrected chi connectivity index (χ1v) is 7.45.